The van der Waals surface area contributed by atoms with Crippen molar-refractivity contribution in [2.24, 2.45) is 0 Å². The Hall–Kier alpha value is -0.570. The molecule has 0 bridgehead atoms. The summed E-state index contributed by atoms with van der Waals surface area (Å²) in [6.45, 7) is -1.41. The molecule has 8 N–H and O–H groups in total. The van der Waals surface area contributed by atoms with Gasteiger partial charge < -0.3 is 55.1 Å². The van der Waals surface area contributed by atoms with Crippen LogP contribution in [0.1, 0.15) is 0 Å². The third kappa shape index (κ3) is 3.07. The molecule has 3 heterocycles. The second kappa shape index (κ2) is 6.75. The van der Waals surface area contributed by atoms with Crippen LogP contribution in [0, 0.1) is 0 Å². The second-order valence-corrected chi connectivity index (χ2v) is 7.23. The minimum absolute atomic E-state index is 1.41. The Bertz CT molecular complexity index is 671. The first-order chi connectivity index (χ1) is 12.4. The zero-order valence-electron chi connectivity index (χ0n) is 13.2. The number of ether oxygens (including phenoxy) is 3. The largest absolute Gasteiger partial charge is 0.405 e. The molecule has 10 atom stereocenters. The maximum atomic E-state index is 11.8. The number of fused-ring (bicyclic) bond motifs is 1. The van der Waals surface area contributed by atoms with Crippen molar-refractivity contribution in [3.8, 4) is 0 Å². The summed E-state index contributed by atoms with van der Waals surface area (Å²) in [7, 11) is -5.05. The van der Waals surface area contributed by atoms with Crippen molar-refractivity contribution in [3.63, 3.8) is 0 Å². The van der Waals surface area contributed by atoms with Crippen LogP contribution in [0.2, 0.25) is 0 Å². The third-order valence-corrected chi connectivity index (χ3v) is 5.28. The summed E-state index contributed by atoms with van der Waals surface area (Å²) in [6, 6.07) is 0. The van der Waals surface area contributed by atoms with E-state index in [0.29, 0.717) is 0 Å². The monoisotopic (exact) mass is 422 g/mol. The fourth-order valence-electron chi connectivity index (χ4n) is 2.93. The van der Waals surface area contributed by atoms with Gasteiger partial charge in [-0.25, -0.2) is 8.37 Å². The summed E-state index contributed by atoms with van der Waals surface area (Å²) in [6.07, 6.45) is -17.4. The van der Waals surface area contributed by atoms with Crippen LogP contribution < -0.4 is 0 Å². The molecule has 3 fully saturated rings. The Kier molecular flexibility index (Phi) is 5.28. The van der Waals surface area contributed by atoms with Gasteiger partial charge in [0, 0.05) is 0 Å². The first kappa shape index (κ1) is 21.1. The Balaban J connectivity index is 2.03. The van der Waals surface area contributed by atoms with Crippen molar-refractivity contribution in [1.29, 1.82) is 0 Å². The average molecular weight is 422 g/mol. The van der Waals surface area contributed by atoms with Gasteiger partial charge in [-0.15, -0.1) is 0 Å². The minimum atomic E-state index is -5.05. The molecule has 0 amide bonds. The van der Waals surface area contributed by atoms with Crippen LogP contribution in [-0.4, -0.2) is 117 Å². The van der Waals surface area contributed by atoms with Gasteiger partial charge in [0.1, 0.15) is 37.1 Å². The topological polar surface area (TPSA) is 242 Å². The zero-order valence-corrected chi connectivity index (χ0v) is 14.0. The molecule has 0 spiro atoms. The van der Waals surface area contributed by atoms with E-state index in [0.717, 1.165) is 0 Å². The lowest BCUT2D eigenvalue weighted by Crippen LogP contribution is -2.75. The number of aliphatic hydroxyl groups is 8. The predicted molar refractivity (Wildman–Crippen MR) is 72.7 cm³/mol. The maximum absolute atomic E-state index is 11.8. The fraction of sp³-hybridized carbons (Fsp3) is 1.00. The van der Waals surface area contributed by atoms with E-state index >= 15 is 0 Å². The Morgan fingerprint density at radius 2 is 1.48 bits per heavy atom. The van der Waals surface area contributed by atoms with Crippen molar-refractivity contribution in [1.82, 2.24) is 0 Å². The SMILES string of the molecule is O=S1(=O)O[C@@]2(CO)O[C@@H](O)[C@H](O)[C@H](O)[C@]2(O[C@H]2O[C@H](O)[C@@H](O)[C@H](O)[C@H]2O)O1. The molecule has 0 radical (unpaired) electrons. The molecule has 0 aromatic rings. The summed E-state index contributed by atoms with van der Waals surface area (Å²) in [4.78, 5) is 0. The van der Waals surface area contributed by atoms with Gasteiger partial charge in [0.25, 0.3) is 11.6 Å². The molecule has 3 rings (SSSR count). The smallest absolute Gasteiger partial charge is 0.390 e. The van der Waals surface area contributed by atoms with Crippen molar-refractivity contribution < 1.29 is 71.8 Å². The van der Waals surface area contributed by atoms with Gasteiger partial charge in [-0.2, -0.15) is 8.42 Å². The van der Waals surface area contributed by atoms with E-state index in [1.165, 1.54) is 0 Å². The Morgan fingerprint density at radius 3 is 2.07 bits per heavy atom. The zero-order chi connectivity index (χ0) is 20.4. The first-order valence-electron chi connectivity index (χ1n) is 7.44. The normalized spacial score (nSPS) is 55.3. The van der Waals surface area contributed by atoms with E-state index < -0.39 is 78.0 Å². The number of aliphatic hydroxyl groups excluding tert-OH is 8. The summed E-state index contributed by atoms with van der Waals surface area (Å²) in [5, 5.41) is 78.0. The van der Waals surface area contributed by atoms with Gasteiger partial charge in [0.15, 0.2) is 18.9 Å². The molecule has 16 heteroatoms. The van der Waals surface area contributed by atoms with Crippen molar-refractivity contribution in [2.45, 2.75) is 61.0 Å². The van der Waals surface area contributed by atoms with Crippen molar-refractivity contribution >= 4 is 10.4 Å². The highest BCUT2D eigenvalue weighted by Gasteiger charge is 2.77. The van der Waals surface area contributed by atoms with E-state index in [4.69, 9.17) is 14.2 Å². The summed E-state index contributed by atoms with van der Waals surface area (Å²) < 4.78 is 47.1. The van der Waals surface area contributed by atoms with Crippen LogP contribution in [0.15, 0.2) is 0 Å². The standard InChI is InChI=1S/C11H18O15S/c12-1-10-11(26-27(20,21)25-10,6(17)5(16)8(19)23-10)24-9-4(15)2(13)3(14)7(18)22-9/h2-9,12-19H,1H2/t2-,3-,4+,5+,6-,7-,8+,9+,10+,11-/m0/s1. The van der Waals surface area contributed by atoms with Crippen LogP contribution in [-0.2, 0) is 33.0 Å². The van der Waals surface area contributed by atoms with Crippen LogP contribution in [0.4, 0.5) is 0 Å². The van der Waals surface area contributed by atoms with E-state index in [1.54, 1.807) is 0 Å². The number of rotatable bonds is 3. The molecule has 0 unspecified atom stereocenters. The van der Waals surface area contributed by atoms with E-state index in [1.807, 2.05) is 0 Å². The Labute approximate surface area is 150 Å². The highest BCUT2D eigenvalue weighted by Crippen LogP contribution is 2.50. The maximum Gasteiger partial charge on any atom is 0.405 e. The number of hydrogen-bond donors (Lipinski definition) is 8. The summed E-state index contributed by atoms with van der Waals surface area (Å²) >= 11 is 0. The molecule has 158 valence electrons. The lowest BCUT2D eigenvalue weighted by molar-refractivity contribution is -0.477. The molecule has 3 aliphatic heterocycles. The van der Waals surface area contributed by atoms with Gasteiger partial charge in [-0.3, -0.25) is 0 Å². The molecule has 3 aliphatic rings. The molecule has 15 nitrogen and oxygen atoms in total. The molecule has 27 heavy (non-hydrogen) atoms. The van der Waals surface area contributed by atoms with Gasteiger partial charge in [0.05, 0.1) is 0 Å². The highest BCUT2D eigenvalue weighted by atomic mass is 32.3. The van der Waals surface area contributed by atoms with Gasteiger partial charge in [0.2, 0.25) is 0 Å². The number of hydrogen-bond acceptors (Lipinski definition) is 15. The van der Waals surface area contributed by atoms with Crippen LogP contribution in [0.5, 0.6) is 0 Å². The molecule has 3 saturated heterocycles. The molecule has 0 saturated carbocycles. The molecular formula is C11H18O15S. The predicted octanol–water partition coefficient (Wildman–Crippen LogP) is -6.49. The van der Waals surface area contributed by atoms with Gasteiger partial charge in [-0.05, 0) is 0 Å². The second-order valence-electron chi connectivity index (χ2n) is 6.08. The lowest BCUT2D eigenvalue weighted by Gasteiger charge is -2.50. The van der Waals surface area contributed by atoms with Gasteiger partial charge in [-0.1, -0.05) is 0 Å². The molecule has 0 aliphatic carbocycles. The average Bonchev–Trinajstić information content (AvgIpc) is 2.83. The van der Waals surface area contributed by atoms with Crippen LogP contribution >= 0.6 is 0 Å². The highest BCUT2D eigenvalue weighted by molar-refractivity contribution is 7.82. The fourth-order valence-corrected chi connectivity index (χ4v) is 4.07. The Morgan fingerprint density at radius 1 is 0.852 bits per heavy atom. The van der Waals surface area contributed by atoms with Crippen molar-refractivity contribution in [3.05, 3.63) is 0 Å². The van der Waals surface area contributed by atoms with E-state index in [9.17, 15) is 49.3 Å². The van der Waals surface area contributed by atoms with Gasteiger partial charge >= 0.3 is 10.4 Å². The first-order valence-corrected chi connectivity index (χ1v) is 8.78. The van der Waals surface area contributed by atoms with Crippen LogP contribution in [0.25, 0.3) is 0 Å². The summed E-state index contributed by atoms with van der Waals surface area (Å²) in [5.74, 6) is -6.11. The van der Waals surface area contributed by atoms with Crippen molar-refractivity contribution in [2.75, 3.05) is 6.61 Å². The quantitative estimate of drug-likeness (QED) is 0.211. The molecule has 0 aromatic heterocycles. The van der Waals surface area contributed by atoms with E-state index in [-0.39, 0.29) is 0 Å². The third-order valence-electron chi connectivity index (χ3n) is 4.35. The lowest BCUT2D eigenvalue weighted by atomic mass is 9.91. The summed E-state index contributed by atoms with van der Waals surface area (Å²) in [5.41, 5.74) is 0. The van der Waals surface area contributed by atoms with E-state index in [2.05, 4.69) is 8.37 Å². The van der Waals surface area contributed by atoms with Crippen LogP contribution in [0.3, 0.4) is 0 Å². The minimum Gasteiger partial charge on any atom is -0.390 e. The molecule has 0 aromatic carbocycles. The molecular weight excluding hydrogens is 404 g/mol.